The van der Waals surface area contributed by atoms with Crippen LogP contribution in [0.3, 0.4) is 0 Å². The van der Waals surface area contributed by atoms with Crippen molar-refractivity contribution in [3.63, 3.8) is 0 Å². The van der Waals surface area contributed by atoms with Crippen LogP contribution in [-0.4, -0.2) is 20.6 Å². The largest absolute Gasteiger partial charge is 0.378 e. The summed E-state index contributed by atoms with van der Waals surface area (Å²) >= 11 is 0. The number of hydrogen-bond acceptors (Lipinski definition) is 2. The van der Waals surface area contributed by atoms with Gasteiger partial charge in [0, 0.05) is 25.8 Å². The Hall–Kier alpha value is -1.02. The molecule has 0 saturated heterocycles. The lowest BCUT2D eigenvalue weighted by atomic mass is 10.00. The molecule has 1 N–H and O–H groups in total. The monoisotopic (exact) mass is 248 g/mol. The van der Waals surface area contributed by atoms with E-state index < -0.39 is 0 Å². The number of nitrogens with one attached hydrogen (secondary N) is 1. The third-order valence-corrected chi connectivity index (χ3v) is 3.36. The van der Waals surface area contributed by atoms with Crippen molar-refractivity contribution >= 4 is 5.69 Å². The molecule has 0 spiro atoms. The Morgan fingerprint density at radius 3 is 2.22 bits per heavy atom. The molecule has 1 aromatic rings. The zero-order valence-electron chi connectivity index (χ0n) is 12.4. The zero-order chi connectivity index (χ0) is 13.4. The summed E-state index contributed by atoms with van der Waals surface area (Å²) in [4.78, 5) is 2.14. The molecule has 1 aromatic carbocycles. The van der Waals surface area contributed by atoms with E-state index in [4.69, 9.17) is 0 Å². The summed E-state index contributed by atoms with van der Waals surface area (Å²) in [5.74, 6) is 0. The Labute approximate surface area is 112 Å². The van der Waals surface area contributed by atoms with E-state index in [-0.39, 0.29) is 0 Å². The quantitative estimate of drug-likeness (QED) is 0.700. The zero-order valence-corrected chi connectivity index (χ0v) is 12.4. The van der Waals surface area contributed by atoms with Gasteiger partial charge in [-0.1, -0.05) is 45.2 Å². The summed E-state index contributed by atoms with van der Waals surface area (Å²) in [6, 6.07) is 9.44. The highest BCUT2D eigenvalue weighted by Gasteiger charge is 2.09. The van der Waals surface area contributed by atoms with E-state index >= 15 is 0 Å². The Morgan fingerprint density at radius 1 is 1.06 bits per heavy atom. The van der Waals surface area contributed by atoms with Crippen molar-refractivity contribution in [1.82, 2.24) is 5.32 Å². The molecule has 0 amide bonds. The highest BCUT2D eigenvalue weighted by atomic mass is 15.1. The van der Waals surface area contributed by atoms with Crippen molar-refractivity contribution in [2.45, 2.75) is 45.6 Å². The second-order valence-electron chi connectivity index (χ2n) is 5.09. The van der Waals surface area contributed by atoms with Gasteiger partial charge in [0.2, 0.25) is 0 Å². The molecular weight excluding hydrogens is 220 g/mol. The first-order chi connectivity index (χ1) is 8.69. The highest BCUT2D eigenvalue weighted by Crippen LogP contribution is 2.22. The maximum absolute atomic E-state index is 3.59. The molecule has 0 fully saturated rings. The fourth-order valence-electron chi connectivity index (χ4n) is 2.24. The molecule has 0 radical (unpaired) electrons. The van der Waals surface area contributed by atoms with Gasteiger partial charge in [-0.15, -0.1) is 0 Å². The van der Waals surface area contributed by atoms with Crippen LogP contribution in [0.1, 0.15) is 51.1 Å². The molecule has 1 unspecified atom stereocenters. The van der Waals surface area contributed by atoms with Gasteiger partial charge in [0.25, 0.3) is 0 Å². The minimum Gasteiger partial charge on any atom is -0.378 e. The first kappa shape index (κ1) is 15.0. The van der Waals surface area contributed by atoms with E-state index in [1.54, 1.807) is 0 Å². The van der Waals surface area contributed by atoms with Gasteiger partial charge >= 0.3 is 0 Å². The minimum absolute atomic E-state index is 0.512. The molecule has 0 saturated carbocycles. The molecule has 1 atom stereocenters. The molecule has 2 nitrogen and oxygen atoms in total. The molecule has 102 valence electrons. The van der Waals surface area contributed by atoms with Crippen molar-refractivity contribution in [3.8, 4) is 0 Å². The van der Waals surface area contributed by atoms with Gasteiger partial charge in [0.1, 0.15) is 0 Å². The van der Waals surface area contributed by atoms with E-state index in [1.807, 2.05) is 0 Å². The van der Waals surface area contributed by atoms with Gasteiger partial charge in [0.05, 0.1) is 0 Å². The van der Waals surface area contributed by atoms with Crippen molar-refractivity contribution < 1.29 is 0 Å². The smallest absolute Gasteiger partial charge is 0.0361 e. The van der Waals surface area contributed by atoms with Crippen LogP contribution >= 0.6 is 0 Å². The van der Waals surface area contributed by atoms with Crippen LogP contribution in [0, 0.1) is 0 Å². The predicted octanol–water partition coefficient (Wildman–Crippen LogP) is 3.98. The summed E-state index contributed by atoms with van der Waals surface area (Å²) < 4.78 is 0. The van der Waals surface area contributed by atoms with Gasteiger partial charge in [-0.2, -0.15) is 0 Å². The van der Waals surface area contributed by atoms with Crippen LogP contribution in [0.25, 0.3) is 0 Å². The fraction of sp³-hybridized carbons (Fsp3) is 0.625. The second-order valence-corrected chi connectivity index (χ2v) is 5.09. The first-order valence-corrected chi connectivity index (χ1v) is 7.19. The first-order valence-electron chi connectivity index (χ1n) is 7.19. The van der Waals surface area contributed by atoms with Crippen LogP contribution in [0.15, 0.2) is 24.3 Å². The highest BCUT2D eigenvalue weighted by molar-refractivity contribution is 5.46. The molecule has 1 rings (SSSR count). The molecule has 0 aromatic heterocycles. The number of rotatable bonds is 8. The molecule has 0 heterocycles. The number of unbranched alkanes of at least 4 members (excludes halogenated alkanes) is 2. The number of nitrogens with zero attached hydrogens (tertiary/aromatic N) is 1. The SMILES string of the molecule is CCCCCC(NCC)c1ccc(N(C)C)cc1. The molecular formula is C16H28N2. The van der Waals surface area contributed by atoms with Gasteiger partial charge in [-0.05, 0) is 30.7 Å². The minimum atomic E-state index is 0.512. The van der Waals surface area contributed by atoms with E-state index in [2.05, 4.69) is 62.4 Å². The lowest BCUT2D eigenvalue weighted by molar-refractivity contribution is 0.486. The Morgan fingerprint density at radius 2 is 1.72 bits per heavy atom. The van der Waals surface area contributed by atoms with Crippen molar-refractivity contribution in [2.24, 2.45) is 0 Å². The average molecular weight is 248 g/mol. The Bertz CT molecular complexity index is 316. The third kappa shape index (κ3) is 4.69. The summed E-state index contributed by atoms with van der Waals surface area (Å²) in [6.07, 6.45) is 5.17. The summed E-state index contributed by atoms with van der Waals surface area (Å²) in [5, 5.41) is 3.59. The molecule has 0 aliphatic carbocycles. The predicted molar refractivity (Wildman–Crippen MR) is 81.3 cm³/mol. The topological polar surface area (TPSA) is 15.3 Å². The van der Waals surface area contributed by atoms with Crippen molar-refractivity contribution in [3.05, 3.63) is 29.8 Å². The second kappa shape index (κ2) is 8.15. The molecule has 0 aliphatic heterocycles. The molecule has 0 aliphatic rings. The van der Waals surface area contributed by atoms with Crippen molar-refractivity contribution in [2.75, 3.05) is 25.5 Å². The fourth-order valence-corrected chi connectivity index (χ4v) is 2.24. The number of benzene rings is 1. The van der Waals surface area contributed by atoms with Crippen LogP contribution in [0.4, 0.5) is 5.69 Å². The molecule has 18 heavy (non-hydrogen) atoms. The van der Waals surface area contributed by atoms with E-state index in [9.17, 15) is 0 Å². The van der Waals surface area contributed by atoms with Crippen LogP contribution in [0.5, 0.6) is 0 Å². The summed E-state index contributed by atoms with van der Waals surface area (Å²) in [7, 11) is 4.16. The van der Waals surface area contributed by atoms with Crippen LogP contribution in [0.2, 0.25) is 0 Å². The van der Waals surface area contributed by atoms with Gasteiger partial charge < -0.3 is 10.2 Å². The Kier molecular flexibility index (Phi) is 6.81. The Balaban J connectivity index is 2.66. The lowest BCUT2D eigenvalue weighted by Crippen LogP contribution is -2.21. The van der Waals surface area contributed by atoms with Crippen LogP contribution < -0.4 is 10.2 Å². The van der Waals surface area contributed by atoms with Gasteiger partial charge in [0.15, 0.2) is 0 Å². The van der Waals surface area contributed by atoms with Crippen LogP contribution in [-0.2, 0) is 0 Å². The maximum Gasteiger partial charge on any atom is 0.0361 e. The third-order valence-electron chi connectivity index (χ3n) is 3.36. The van der Waals surface area contributed by atoms with Crippen molar-refractivity contribution in [1.29, 1.82) is 0 Å². The summed E-state index contributed by atoms with van der Waals surface area (Å²) in [6.45, 7) is 5.47. The van der Waals surface area contributed by atoms with E-state index in [0.717, 1.165) is 6.54 Å². The van der Waals surface area contributed by atoms with E-state index in [0.29, 0.717) is 6.04 Å². The summed E-state index contributed by atoms with van der Waals surface area (Å²) in [5.41, 5.74) is 2.68. The average Bonchev–Trinajstić information content (AvgIpc) is 2.38. The maximum atomic E-state index is 3.59. The van der Waals surface area contributed by atoms with E-state index in [1.165, 1.54) is 36.9 Å². The lowest BCUT2D eigenvalue weighted by Gasteiger charge is -2.20. The standard InChI is InChI=1S/C16H28N2/c1-5-7-8-9-16(17-6-2)14-10-12-15(13-11-14)18(3)4/h10-13,16-17H,5-9H2,1-4H3. The number of anilines is 1. The normalized spacial score (nSPS) is 12.4. The van der Waals surface area contributed by atoms with Gasteiger partial charge in [-0.25, -0.2) is 0 Å². The van der Waals surface area contributed by atoms with Gasteiger partial charge in [-0.3, -0.25) is 0 Å². The molecule has 0 bridgehead atoms. The molecule has 2 heteroatoms. The number of hydrogen-bond donors (Lipinski definition) is 1.